The molecule has 34 heavy (non-hydrogen) atoms. The van der Waals surface area contributed by atoms with E-state index in [1.54, 1.807) is 0 Å². The van der Waals surface area contributed by atoms with Gasteiger partial charge < -0.3 is 9.47 Å². The zero-order valence-corrected chi connectivity index (χ0v) is 19.3. The largest absolute Gasteiger partial charge is 0.533 e. The lowest BCUT2D eigenvalue weighted by atomic mass is 10.4. The number of nitrogens with zero attached hydrogens (tertiary/aromatic N) is 2. The Labute approximate surface area is 200 Å². The summed E-state index contributed by atoms with van der Waals surface area (Å²) in [6.07, 6.45) is -2.81. The summed E-state index contributed by atoms with van der Waals surface area (Å²) in [5, 5.41) is 0.0341. The lowest BCUT2D eigenvalue weighted by molar-refractivity contribution is -0.177. The molecule has 0 bridgehead atoms. The molecular formula is C18H20N2O12S2. The van der Waals surface area contributed by atoms with Crippen molar-refractivity contribution in [1.29, 1.82) is 0 Å². The Bertz CT molecular complexity index is 775. The smallest absolute Gasteiger partial charge is 0.432 e. The molecule has 0 N–H and O–H groups in total. The molecule has 2 heterocycles. The Balaban J connectivity index is 1.47. The molecule has 4 amide bonds. The van der Waals surface area contributed by atoms with Crippen LogP contribution >= 0.6 is 23.5 Å². The highest BCUT2D eigenvalue weighted by molar-refractivity contribution is 8.14. The van der Waals surface area contributed by atoms with E-state index in [0.29, 0.717) is 10.1 Å². The van der Waals surface area contributed by atoms with Gasteiger partial charge in [-0.1, -0.05) is 33.7 Å². The molecule has 0 atom stereocenters. The third kappa shape index (κ3) is 9.01. The SMILES string of the molecule is O=C(OCCSC(=O)CCC(=O)SCCOC(=O)ON1C(=O)CCC1=O)ON1C(=O)CCC1=O. The molecule has 0 radical (unpaired) electrons. The summed E-state index contributed by atoms with van der Waals surface area (Å²) in [6.45, 7) is -0.424. The van der Waals surface area contributed by atoms with E-state index in [1.807, 2.05) is 0 Å². The maximum Gasteiger partial charge on any atom is 0.533 e. The first kappa shape index (κ1) is 27.1. The zero-order chi connectivity index (χ0) is 25.1. The van der Waals surface area contributed by atoms with Crippen LogP contribution in [-0.4, -0.2) is 81.0 Å². The van der Waals surface area contributed by atoms with Gasteiger partial charge in [0.15, 0.2) is 10.2 Å². The van der Waals surface area contributed by atoms with Crippen LogP contribution in [0.2, 0.25) is 0 Å². The second-order valence-corrected chi connectivity index (χ2v) is 8.79. The van der Waals surface area contributed by atoms with Gasteiger partial charge in [-0.3, -0.25) is 38.4 Å². The van der Waals surface area contributed by atoms with Gasteiger partial charge in [-0.15, -0.1) is 0 Å². The number of rotatable bonds is 11. The van der Waals surface area contributed by atoms with E-state index in [1.165, 1.54) is 0 Å². The van der Waals surface area contributed by atoms with Crippen LogP contribution in [0, 0.1) is 0 Å². The number of hydrogen-bond donors (Lipinski definition) is 0. The lowest BCUT2D eigenvalue weighted by Crippen LogP contribution is -2.32. The highest BCUT2D eigenvalue weighted by atomic mass is 32.2. The summed E-state index contributed by atoms with van der Waals surface area (Å²) in [5.41, 5.74) is 0. The van der Waals surface area contributed by atoms with Crippen molar-refractivity contribution >= 4 is 69.7 Å². The van der Waals surface area contributed by atoms with E-state index >= 15 is 0 Å². The summed E-state index contributed by atoms with van der Waals surface area (Å²) < 4.78 is 9.34. The van der Waals surface area contributed by atoms with E-state index in [-0.39, 0.29) is 73.5 Å². The Kier molecular flexibility index (Phi) is 10.8. The van der Waals surface area contributed by atoms with E-state index in [9.17, 15) is 38.4 Å². The monoisotopic (exact) mass is 520 g/mol. The molecule has 0 saturated carbocycles. The predicted octanol–water partition coefficient (Wildman–Crippen LogP) is 0.721. The fourth-order valence-electron chi connectivity index (χ4n) is 2.43. The van der Waals surface area contributed by atoms with Gasteiger partial charge in [0.2, 0.25) is 0 Å². The fourth-order valence-corrected chi connectivity index (χ4v) is 3.71. The highest BCUT2D eigenvalue weighted by Crippen LogP contribution is 2.15. The van der Waals surface area contributed by atoms with Crippen molar-refractivity contribution in [2.45, 2.75) is 38.5 Å². The van der Waals surface area contributed by atoms with Crippen LogP contribution in [0.3, 0.4) is 0 Å². The van der Waals surface area contributed by atoms with Crippen molar-refractivity contribution in [2.75, 3.05) is 24.7 Å². The predicted molar refractivity (Wildman–Crippen MR) is 111 cm³/mol. The molecule has 2 aliphatic heterocycles. The molecule has 2 saturated heterocycles. The second-order valence-electron chi connectivity index (χ2n) is 6.48. The zero-order valence-electron chi connectivity index (χ0n) is 17.7. The van der Waals surface area contributed by atoms with Gasteiger partial charge in [-0.05, 0) is 0 Å². The van der Waals surface area contributed by atoms with Crippen LogP contribution in [0.5, 0.6) is 0 Å². The van der Waals surface area contributed by atoms with Crippen molar-refractivity contribution in [3.63, 3.8) is 0 Å². The minimum absolute atomic E-state index is 0.0455. The topological polar surface area (TPSA) is 180 Å². The summed E-state index contributed by atoms with van der Waals surface area (Å²) in [5.74, 6) is -2.41. The number of hydroxylamine groups is 4. The van der Waals surface area contributed by atoms with E-state index in [4.69, 9.17) is 0 Å². The number of imide groups is 2. The van der Waals surface area contributed by atoms with E-state index in [0.717, 1.165) is 23.5 Å². The third-order valence-corrected chi connectivity index (χ3v) is 5.80. The van der Waals surface area contributed by atoms with Crippen LogP contribution in [0.25, 0.3) is 0 Å². The molecule has 14 nitrogen and oxygen atoms in total. The Morgan fingerprint density at radius 3 is 1.26 bits per heavy atom. The van der Waals surface area contributed by atoms with E-state index in [2.05, 4.69) is 19.1 Å². The first-order valence-corrected chi connectivity index (χ1v) is 11.9. The van der Waals surface area contributed by atoms with Gasteiger partial charge in [-0.2, -0.15) is 0 Å². The summed E-state index contributed by atoms with van der Waals surface area (Å²) in [7, 11) is 0. The van der Waals surface area contributed by atoms with Crippen LogP contribution in [0.1, 0.15) is 38.5 Å². The average molecular weight is 520 g/mol. The van der Waals surface area contributed by atoms with Gasteiger partial charge in [-0.25, -0.2) is 9.59 Å². The average Bonchev–Trinajstić information content (AvgIpc) is 3.28. The number of carbonyl (C=O) groups is 8. The van der Waals surface area contributed by atoms with Gasteiger partial charge in [0.1, 0.15) is 13.2 Å². The van der Waals surface area contributed by atoms with Crippen LogP contribution < -0.4 is 0 Å². The number of ether oxygens (including phenoxy) is 2. The molecule has 2 aliphatic rings. The summed E-state index contributed by atoms with van der Waals surface area (Å²) in [4.78, 5) is 101. The Hall–Kier alpha value is -3.14. The molecular weight excluding hydrogens is 500 g/mol. The van der Waals surface area contributed by atoms with Crippen molar-refractivity contribution < 1.29 is 57.5 Å². The maximum absolute atomic E-state index is 11.8. The molecule has 186 valence electrons. The Morgan fingerprint density at radius 2 is 0.941 bits per heavy atom. The molecule has 2 fully saturated rings. The van der Waals surface area contributed by atoms with E-state index < -0.39 is 35.9 Å². The minimum Gasteiger partial charge on any atom is -0.432 e. The summed E-state index contributed by atoms with van der Waals surface area (Å²) >= 11 is 1.65. The van der Waals surface area contributed by atoms with Crippen LogP contribution in [0.4, 0.5) is 9.59 Å². The lowest BCUT2D eigenvalue weighted by Gasteiger charge is -2.12. The molecule has 0 aromatic carbocycles. The first-order chi connectivity index (χ1) is 16.2. The summed E-state index contributed by atoms with van der Waals surface area (Å²) in [6, 6.07) is 0. The van der Waals surface area contributed by atoms with Gasteiger partial charge in [0.25, 0.3) is 23.6 Å². The second kappa shape index (κ2) is 13.5. The first-order valence-electron chi connectivity index (χ1n) is 9.89. The standard InChI is InChI=1S/C18H20N2O12S2/c21-11-1-2-12(22)19(11)31-17(27)29-7-9-33-15(25)5-6-16(26)34-10-8-30-18(28)32-20-13(23)3-4-14(20)24/h1-10H2. The van der Waals surface area contributed by atoms with Crippen molar-refractivity contribution in [2.24, 2.45) is 0 Å². The fraction of sp³-hybridized carbons (Fsp3) is 0.556. The van der Waals surface area contributed by atoms with Gasteiger partial charge >= 0.3 is 12.3 Å². The van der Waals surface area contributed by atoms with Crippen molar-refractivity contribution in [3.05, 3.63) is 0 Å². The number of hydrogen-bond acceptors (Lipinski definition) is 14. The highest BCUT2D eigenvalue weighted by Gasteiger charge is 2.34. The quantitative estimate of drug-likeness (QED) is 0.211. The van der Waals surface area contributed by atoms with Crippen molar-refractivity contribution in [3.8, 4) is 0 Å². The maximum atomic E-state index is 11.8. The van der Waals surface area contributed by atoms with Crippen LogP contribution in [-0.2, 0) is 47.9 Å². The molecule has 2 rings (SSSR count). The van der Waals surface area contributed by atoms with Gasteiger partial charge in [0, 0.05) is 50.0 Å². The number of thioether (sulfide) groups is 2. The molecule has 0 unspecified atom stereocenters. The van der Waals surface area contributed by atoms with Crippen molar-refractivity contribution in [1.82, 2.24) is 10.1 Å². The molecule has 0 aromatic heterocycles. The Morgan fingerprint density at radius 1 is 0.618 bits per heavy atom. The minimum atomic E-state index is -1.24. The normalized spacial score (nSPS) is 15.5. The number of amides is 4. The number of carbonyl (C=O) groups excluding carboxylic acids is 8. The third-order valence-electron chi connectivity index (χ3n) is 4.01. The molecule has 0 aliphatic carbocycles. The van der Waals surface area contributed by atoms with Crippen LogP contribution in [0.15, 0.2) is 0 Å². The van der Waals surface area contributed by atoms with Gasteiger partial charge in [0.05, 0.1) is 0 Å². The molecule has 0 spiro atoms. The molecule has 16 heteroatoms. The molecule has 0 aromatic rings.